The average Bonchev–Trinajstić information content (AvgIpc) is 2.61. The summed E-state index contributed by atoms with van der Waals surface area (Å²) >= 11 is 0. The van der Waals surface area contributed by atoms with Gasteiger partial charge in [-0.3, -0.25) is 9.59 Å². The number of hydrogen-bond donors (Lipinski definition) is 3. The summed E-state index contributed by atoms with van der Waals surface area (Å²) in [6.45, 7) is 2.35. The Balaban J connectivity index is 1.81. The second kappa shape index (κ2) is 9.37. The minimum absolute atomic E-state index is 0.0256. The van der Waals surface area contributed by atoms with Crippen molar-refractivity contribution in [3.8, 4) is 0 Å². The molecule has 0 unspecified atom stereocenters. The maximum absolute atomic E-state index is 13.1. The molecule has 0 bridgehead atoms. The van der Waals surface area contributed by atoms with Crippen LogP contribution in [0.15, 0.2) is 24.3 Å². The molecular formula is C18H26FN3O2. The van der Waals surface area contributed by atoms with Gasteiger partial charge in [0.25, 0.3) is 0 Å². The highest BCUT2D eigenvalue weighted by Gasteiger charge is 2.26. The van der Waals surface area contributed by atoms with E-state index in [1.165, 1.54) is 12.1 Å². The predicted molar refractivity (Wildman–Crippen MR) is 91.0 cm³/mol. The summed E-state index contributed by atoms with van der Waals surface area (Å²) in [5.74, 6) is 0.303. The van der Waals surface area contributed by atoms with Gasteiger partial charge in [-0.1, -0.05) is 12.1 Å². The van der Waals surface area contributed by atoms with Gasteiger partial charge in [0.1, 0.15) is 5.82 Å². The summed E-state index contributed by atoms with van der Waals surface area (Å²) in [5.41, 5.74) is 1.12. The molecule has 0 aromatic heterocycles. The monoisotopic (exact) mass is 335 g/mol. The van der Waals surface area contributed by atoms with Crippen LogP contribution in [-0.2, 0) is 9.59 Å². The molecule has 0 radical (unpaired) electrons. The number of amides is 2. The number of nitrogens with one attached hydrogen (secondary N) is 3. The molecule has 1 aliphatic rings. The van der Waals surface area contributed by atoms with Crippen LogP contribution in [0.2, 0.25) is 0 Å². The van der Waals surface area contributed by atoms with E-state index in [2.05, 4.69) is 16.0 Å². The third-order valence-corrected chi connectivity index (χ3v) is 4.55. The lowest BCUT2D eigenvalue weighted by Gasteiger charge is -2.32. The van der Waals surface area contributed by atoms with Crippen LogP contribution in [0.1, 0.15) is 37.2 Å². The molecule has 2 rings (SSSR count). The topological polar surface area (TPSA) is 70.2 Å². The first-order valence-electron chi connectivity index (χ1n) is 8.53. The second-order valence-electron chi connectivity index (χ2n) is 6.24. The lowest BCUT2D eigenvalue weighted by molar-refractivity contribution is -0.122. The maximum atomic E-state index is 13.1. The number of piperidine rings is 1. The highest BCUT2D eigenvalue weighted by atomic mass is 19.1. The first-order valence-corrected chi connectivity index (χ1v) is 8.53. The zero-order valence-corrected chi connectivity index (χ0v) is 14.1. The van der Waals surface area contributed by atoms with Crippen molar-refractivity contribution in [1.29, 1.82) is 0 Å². The van der Waals surface area contributed by atoms with E-state index < -0.39 is 0 Å². The van der Waals surface area contributed by atoms with Crippen molar-refractivity contribution in [3.05, 3.63) is 35.6 Å². The lowest BCUT2D eigenvalue weighted by Crippen LogP contribution is -2.42. The SMILES string of the molecule is CNC(=O)CCCC(=O)NC[C@@H]1CNCC[C@@H]1c1ccc(F)cc1. The lowest BCUT2D eigenvalue weighted by atomic mass is 9.81. The van der Waals surface area contributed by atoms with Gasteiger partial charge in [-0.2, -0.15) is 0 Å². The Kier molecular flexibility index (Phi) is 7.18. The largest absolute Gasteiger partial charge is 0.359 e. The fraction of sp³-hybridized carbons (Fsp3) is 0.556. The zero-order valence-electron chi connectivity index (χ0n) is 14.1. The van der Waals surface area contributed by atoms with E-state index in [1.54, 1.807) is 7.05 Å². The predicted octanol–water partition coefficient (Wildman–Crippen LogP) is 1.55. The minimum atomic E-state index is -0.228. The van der Waals surface area contributed by atoms with Gasteiger partial charge in [0.05, 0.1) is 0 Å². The van der Waals surface area contributed by atoms with Crippen LogP contribution >= 0.6 is 0 Å². The Morgan fingerprint density at radius 1 is 1.21 bits per heavy atom. The van der Waals surface area contributed by atoms with Crippen molar-refractivity contribution >= 4 is 11.8 Å². The molecule has 1 saturated heterocycles. The zero-order chi connectivity index (χ0) is 17.4. The standard InChI is InChI=1S/C18H26FN3O2/c1-20-17(23)3-2-4-18(24)22-12-14-11-21-10-9-16(14)13-5-7-15(19)8-6-13/h5-8,14,16,21H,2-4,9-12H2,1H3,(H,20,23)(H,22,24)/t14-,16+/m0/s1. The fourth-order valence-corrected chi connectivity index (χ4v) is 3.15. The van der Waals surface area contributed by atoms with E-state index in [1.807, 2.05) is 12.1 Å². The van der Waals surface area contributed by atoms with Crippen LogP contribution in [0, 0.1) is 11.7 Å². The van der Waals surface area contributed by atoms with Gasteiger partial charge in [0.2, 0.25) is 11.8 Å². The first kappa shape index (κ1) is 18.4. The van der Waals surface area contributed by atoms with Gasteiger partial charge in [0.15, 0.2) is 0 Å². The average molecular weight is 335 g/mol. The van der Waals surface area contributed by atoms with E-state index in [0.29, 0.717) is 31.7 Å². The molecule has 1 aliphatic heterocycles. The molecule has 1 heterocycles. The Bertz CT molecular complexity index is 548. The van der Waals surface area contributed by atoms with Gasteiger partial charge in [-0.05, 0) is 48.9 Å². The molecule has 2 atom stereocenters. The number of benzene rings is 1. The molecule has 5 nitrogen and oxygen atoms in total. The van der Waals surface area contributed by atoms with E-state index in [4.69, 9.17) is 0 Å². The van der Waals surface area contributed by atoms with E-state index in [9.17, 15) is 14.0 Å². The number of carbonyl (C=O) groups excluding carboxylic acids is 2. The molecular weight excluding hydrogens is 309 g/mol. The van der Waals surface area contributed by atoms with Crippen molar-refractivity contribution in [2.75, 3.05) is 26.7 Å². The first-order chi connectivity index (χ1) is 11.6. The summed E-state index contributed by atoms with van der Waals surface area (Å²) < 4.78 is 13.1. The summed E-state index contributed by atoms with van der Waals surface area (Å²) in [7, 11) is 1.59. The molecule has 0 saturated carbocycles. The third kappa shape index (κ3) is 5.60. The molecule has 3 N–H and O–H groups in total. The van der Waals surface area contributed by atoms with Crippen LogP contribution in [0.25, 0.3) is 0 Å². The van der Waals surface area contributed by atoms with Crippen molar-refractivity contribution in [3.63, 3.8) is 0 Å². The minimum Gasteiger partial charge on any atom is -0.359 e. The summed E-state index contributed by atoms with van der Waals surface area (Å²) in [6.07, 6.45) is 2.25. The molecule has 2 amide bonds. The van der Waals surface area contributed by atoms with E-state index in [-0.39, 0.29) is 23.5 Å². The Morgan fingerprint density at radius 3 is 2.62 bits per heavy atom. The quantitative estimate of drug-likeness (QED) is 0.708. The molecule has 0 aliphatic carbocycles. The second-order valence-corrected chi connectivity index (χ2v) is 6.24. The smallest absolute Gasteiger partial charge is 0.220 e. The summed E-state index contributed by atoms with van der Waals surface area (Å²) in [4.78, 5) is 23.1. The normalized spacial score (nSPS) is 20.4. The highest BCUT2D eigenvalue weighted by molar-refractivity contribution is 5.78. The Labute approximate surface area is 142 Å². The van der Waals surface area contributed by atoms with Crippen LogP contribution in [0.3, 0.4) is 0 Å². The van der Waals surface area contributed by atoms with Crippen molar-refractivity contribution in [2.45, 2.75) is 31.6 Å². The molecule has 24 heavy (non-hydrogen) atoms. The van der Waals surface area contributed by atoms with Gasteiger partial charge in [-0.15, -0.1) is 0 Å². The Morgan fingerprint density at radius 2 is 1.92 bits per heavy atom. The molecule has 1 fully saturated rings. The molecule has 0 spiro atoms. The number of halogens is 1. The van der Waals surface area contributed by atoms with Crippen molar-refractivity contribution in [2.24, 2.45) is 5.92 Å². The number of carbonyl (C=O) groups is 2. The Hall–Kier alpha value is -1.95. The maximum Gasteiger partial charge on any atom is 0.220 e. The number of hydrogen-bond acceptors (Lipinski definition) is 3. The van der Waals surface area contributed by atoms with E-state index in [0.717, 1.165) is 25.1 Å². The van der Waals surface area contributed by atoms with Crippen LogP contribution in [-0.4, -0.2) is 38.5 Å². The molecule has 6 heteroatoms. The van der Waals surface area contributed by atoms with Crippen molar-refractivity contribution in [1.82, 2.24) is 16.0 Å². The highest BCUT2D eigenvalue weighted by Crippen LogP contribution is 2.30. The fourth-order valence-electron chi connectivity index (χ4n) is 3.15. The van der Waals surface area contributed by atoms with E-state index >= 15 is 0 Å². The van der Waals surface area contributed by atoms with Crippen LogP contribution < -0.4 is 16.0 Å². The van der Waals surface area contributed by atoms with Gasteiger partial charge < -0.3 is 16.0 Å². The van der Waals surface area contributed by atoms with Crippen LogP contribution in [0.4, 0.5) is 4.39 Å². The van der Waals surface area contributed by atoms with Crippen molar-refractivity contribution < 1.29 is 14.0 Å². The number of rotatable bonds is 7. The molecule has 132 valence electrons. The summed E-state index contributed by atoms with van der Waals surface area (Å²) in [6, 6.07) is 6.66. The van der Waals surface area contributed by atoms with Crippen LogP contribution in [0.5, 0.6) is 0 Å². The van der Waals surface area contributed by atoms with Gasteiger partial charge >= 0.3 is 0 Å². The third-order valence-electron chi connectivity index (χ3n) is 4.55. The van der Waals surface area contributed by atoms with Gasteiger partial charge in [-0.25, -0.2) is 4.39 Å². The molecule has 1 aromatic rings. The summed E-state index contributed by atoms with van der Waals surface area (Å²) in [5, 5.41) is 8.87. The molecule has 1 aromatic carbocycles. The van der Waals surface area contributed by atoms with Gasteiger partial charge in [0, 0.05) is 33.0 Å².